The highest BCUT2D eigenvalue weighted by molar-refractivity contribution is 6.17. The maximum absolute atomic E-state index is 5.15. The minimum absolute atomic E-state index is 0.182. The largest absolute Gasteiger partial charge is 0.668 e. The topological polar surface area (TPSA) is 18.5 Å². The van der Waals surface area contributed by atoms with Gasteiger partial charge in [-0.25, -0.2) is 0 Å². The maximum atomic E-state index is 5.15. The predicted octanol–water partition coefficient (Wildman–Crippen LogP) is 1.37. The first-order chi connectivity index (χ1) is 4.41. The molecule has 0 N–H and O–H groups in total. The van der Waals surface area contributed by atoms with Crippen LogP contribution in [0.3, 0.4) is 0 Å². The Morgan fingerprint density at radius 1 is 1.00 bits per heavy atom. The van der Waals surface area contributed by atoms with E-state index >= 15 is 0 Å². The standard InChI is InChI=1S/2C3H7O.Al/c2*1-2-3-4;/h2*2-3H2,1H3;/q2*-1;+2. The van der Waals surface area contributed by atoms with E-state index in [0.29, 0.717) is 0 Å². The molecule has 53 valence electrons. The first-order valence-corrected chi connectivity index (χ1v) is 4.41. The lowest BCUT2D eigenvalue weighted by molar-refractivity contribution is 0.222. The lowest BCUT2D eigenvalue weighted by Gasteiger charge is -1.99. The first-order valence-electron chi connectivity index (χ1n) is 3.46. The Labute approximate surface area is 63.9 Å². The third-order valence-electron chi connectivity index (χ3n) is 0.780. The molecule has 0 spiro atoms. The van der Waals surface area contributed by atoms with Gasteiger partial charge in [0.1, 0.15) is 0 Å². The second kappa shape index (κ2) is 8.45. The number of hydrogen-bond acceptors (Lipinski definition) is 2. The van der Waals surface area contributed by atoms with Gasteiger partial charge in [0.2, 0.25) is 0 Å². The first kappa shape index (κ1) is 9.45. The third-order valence-corrected chi connectivity index (χ3v) is 1.52. The van der Waals surface area contributed by atoms with Gasteiger partial charge in [-0.2, -0.15) is 0 Å². The molecule has 0 rings (SSSR count). The van der Waals surface area contributed by atoms with Crippen LogP contribution in [0.5, 0.6) is 0 Å². The van der Waals surface area contributed by atoms with Crippen molar-refractivity contribution in [1.29, 1.82) is 0 Å². The van der Waals surface area contributed by atoms with Crippen molar-refractivity contribution in [2.75, 3.05) is 13.2 Å². The Morgan fingerprint density at radius 2 is 1.44 bits per heavy atom. The molecular formula is C6H14AlO2. The molecule has 0 amide bonds. The zero-order chi connectivity index (χ0) is 6.95. The summed E-state index contributed by atoms with van der Waals surface area (Å²) in [5, 5.41) is 0. The molecule has 0 atom stereocenters. The summed E-state index contributed by atoms with van der Waals surface area (Å²) in [6.45, 7) is 5.89. The van der Waals surface area contributed by atoms with Crippen LogP contribution in [-0.2, 0) is 7.58 Å². The van der Waals surface area contributed by atoms with Crippen molar-refractivity contribution in [1.82, 2.24) is 0 Å². The monoisotopic (exact) mass is 145 g/mol. The van der Waals surface area contributed by atoms with E-state index in [1.165, 1.54) is 0 Å². The highest BCUT2D eigenvalue weighted by atomic mass is 27.2. The summed E-state index contributed by atoms with van der Waals surface area (Å²) in [4.78, 5) is 0. The van der Waals surface area contributed by atoms with Crippen LogP contribution in [0.25, 0.3) is 0 Å². The Bertz CT molecular complexity index is 44.3. The lowest BCUT2D eigenvalue weighted by atomic mass is 10.5. The molecule has 0 aromatic rings. The van der Waals surface area contributed by atoms with Crippen molar-refractivity contribution in [2.45, 2.75) is 26.7 Å². The third kappa shape index (κ3) is 8.45. The molecule has 0 aromatic heterocycles. The van der Waals surface area contributed by atoms with E-state index in [4.69, 9.17) is 7.58 Å². The van der Waals surface area contributed by atoms with Crippen LogP contribution in [0.2, 0.25) is 0 Å². The molecule has 1 radical (unpaired) electrons. The van der Waals surface area contributed by atoms with Gasteiger partial charge in [0, 0.05) is 13.2 Å². The maximum Gasteiger partial charge on any atom is 0.668 e. The van der Waals surface area contributed by atoms with E-state index in [9.17, 15) is 0 Å². The normalized spacial score (nSPS) is 9.56. The minimum Gasteiger partial charge on any atom is -0.484 e. The summed E-state index contributed by atoms with van der Waals surface area (Å²) in [5.41, 5.74) is 0. The van der Waals surface area contributed by atoms with E-state index in [2.05, 4.69) is 13.8 Å². The van der Waals surface area contributed by atoms with Gasteiger partial charge in [0.15, 0.2) is 0 Å². The van der Waals surface area contributed by atoms with Gasteiger partial charge in [0.05, 0.1) is 0 Å². The van der Waals surface area contributed by atoms with Gasteiger partial charge in [-0.05, 0) is 12.8 Å². The van der Waals surface area contributed by atoms with Crippen LogP contribution in [0.15, 0.2) is 0 Å². The van der Waals surface area contributed by atoms with Crippen LogP contribution in [0.4, 0.5) is 0 Å². The van der Waals surface area contributed by atoms with Gasteiger partial charge in [-0.3, -0.25) is 0 Å². The van der Waals surface area contributed by atoms with Crippen LogP contribution in [0, 0.1) is 0 Å². The van der Waals surface area contributed by atoms with Crippen molar-refractivity contribution >= 4 is 15.9 Å². The Kier molecular flexibility index (Phi) is 8.88. The fourth-order valence-electron chi connectivity index (χ4n) is 0.380. The molecule has 0 unspecified atom stereocenters. The summed E-state index contributed by atoms with van der Waals surface area (Å²) in [6.07, 6.45) is 2.17. The van der Waals surface area contributed by atoms with Crippen LogP contribution < -0.4 is 0 Å². The molecular weight excluding hydrogens is 131 g/mol. The molecule has 9 heavy (non-hydrogen) atoms. The minimum atomic E-state index is -0.182. The summed E-state index contributed by atoms with van der Waals surface area (Å²) in [5.74, 6) is 0. The Morgan fingerprint density at radius 3 is 1.78 bits per heavy atom. The Balaban J connectivity index is 2.60. The smallest absolute Gasteiger partial charge is 0.484 e. The summed E-state index contributed by atoms with van der Waals surface area (Å²) < 4.78 is 10.3. The molecule has 0 aliphatic carbocycles. The van der Waals surface area contributed by atoms with Gasteiger partial charge < -0.3 is 7.58 Å². The molecule has 0 saturated carbocycles. The molecule has 0 aromatic carbocycles. The molecule has 0 bridgehead atoms. The molecule has 0 aliphatic rings. The van der Waals surface area contributed by atoms with Gasteiger partial charge >= 0.3 is 15.9 Å². The van der Waals surface area contributed by atoms with Gasteiger partial charge in [-0.1, -0.05) is 13.8 Å². The number of rotatable bonds is 6. The quantitative estimate of drug-likeness (QED) is 0.415. The average molecular weight is 145 g/mol. The highest BCUT2D eigenvalue weighted by Gasteiger charge is 1.93. The van der Waals surface area contributed by atoms with Crippen LogP contribution in [0.1, 0.15) is 26.7 Å². The predicted molar refractivity (Wildman–Crippen MR) is 38.2 cm³/mol. The van der Waals surface area contributed by atoms with Crippen molar-refractivity contribution < 1.29 is 7.58 Å². The van der Waals surface area contributed by atoms with E-state index < -0.39 is 0 Å². The average Bonchev–Trinajstić information content (AvgIpc) is 1.89. The number of hydrogen-bond donors (Lipinski definition) is 0. The van der Waals surface area contributed by atoms with Gasteiger partial charge in [0.25, 0.3) is 0 Å². The summed E-state index contributed by atoms with van der Waals surface area (Å²) >= 11 is -0.182. The Hall–Kier alpha value is 0.452. The molecule has 2 nitrogen and oxygen atoms in total. The van der Waals surface area contributed by atoms with Gasteiger partial charge in [-0.15, -0.1) is 0 Å². The van der Waals surface area contributed by atoms with Crippen molar-refractivity contribution in [3.8, 4) is 0 Å². The van der Waals surface area contributed by atoms with Crippen molar-refractivity contribution in [3.63, 3.8) is 0 Å². The van der Waals surface area contributed by atoms with E-state index in [1.54, 1.807) is 0 Å². The molecule has 3 heteroatoms. The van der Waals surface area contributed by atoms with E-state index in [0.717, 1.165) is 26.1 Å². The second-order valence-corrected chi connectivity index (χ2v) is 2.70. The van der Waals surface area contributed by atoms with Crippen LogP contribution in [-0.4, -0.2) is 29.1 Å². The molecule has 0 heterocycles. The zero-order valence-electron chi connectivity index (χ0n) is 6.22. The second-order valence-electron chi connectivity index (χ2n) is 1.84. The van der Waals surface area contributed by atoms with E-state index in [-0.39, 0.29) is 15.9 Å². The summed E-state index contributed by atoms with van der Waals surface area (Å²) in [7, 11) is 0. The lowest BCUT2D eigenvalue weighted by Crippen LogP contribution is -2.05. The van der Waals surface area contributed by atoms with Crippen molar-refractivity contribution in [2.24, 2.45) is 0 Å². The highest BCUT2D eigenvalue weighted by Crippen LogP contribution is 1.81. The molecule has 0 aliphatic heterocycles. The summed E-state index contributed by atoms with van der Waals surface area (Å²) in [6, 6.07) is 0. The zero-order valence-corrected chi connectivity index (χ0v) is 7.38. The fourth-order valence-corrected chi connectivity index (χ4v) is 1.14. The van der Waals surface area contributed by atoms with E-state index in [1.807, 2.05) is 0 Å². The van der Waals surface area contributed by atoms with Crippen LogP contribution >= 0.6 is 0 Å². The molecule has 0 fully saturated rings. The SMILES string of the molecule is CCC[O][Al][O]CCC. The molecule has 0 saturated heterocycles. The fraction of sp³-hybridized carbons (Fsp3) is 1.00. The van der Waals surface area contributed by atoms with Crippen molar-refractivity contribution in [3.05, 3.63) is 0 Å².